The molecule has 0 aliphatic rings. The number of amides is 2. The van der Waals surface area contributed by atoms with Crippen molar-refractivity contribution in [2.75, 3.05) is 7.11 Å². The molecule has 0 spiro atoms. The van der Waals surface area contributed by atoms with Crippen molar-refractivity contribution in [1.29, 1.82) is 0 Å². The third kappa shape index (κ3) is 8.10. The maximum atomic E-state index is 12.4. The van der Waals surface area contributed by atoms with Crippen LogP contribution in [0.3, 0.4) is 0 Å². The molecule has 0 saturated carbocycles. The van der Waals surface area contributed by atoms with Gasteiger partial charge in [-0.1, -0.05) is 35.4 Å². The number of hydrogen-bond donors (Lipinski definition) is 2. The zero-order valence-electron chi connectivity index (χ0n) is 15.6. The monoisotopic (exact) mass is 377 g/mol. The van der Waals surface area contributed by atoms with Gasteiger partial charge in [0.2, 0.25) is 5.91 Å². The van der Waals surface area contributed by atoms with Gasteiger partial charge >= 0.3 is 12.1 Å². The summed E-state index contributed by atoms with van der Waals surface area (Å²) in [5, 5.41) is 7.82. The number of alkyl carbamates (subject to hydrolysis) is 1. The molecule has 27 heavy (non-hydrogen) atoms. The number of ether oxygens (including phenoxy) is 2. The van der Waals surface area contributed by atoms with E-state index in [2.05, 4.69) is 20.7 Å². The summed E-state index contributed by atoms with van der Waals surface area (Å²) in [6.45, 7) is 4.92. The molecule has 0 aromatic heterocycles. The van der Waals surface area contributed by atoms with Crippen LogP contribution in [0.2, 0.25) is 0 Å². The molecule has 1 rings (SSSR count). The first-order chi connectivity index (χ1) is 12.7. The Labute approximate surface area is 156 Å². The molecule has 0 aliphatic carbocycles. The van der Waals surface area contributed by atoms with Crippen molar-refractivity contribution in [3.05, 3.63) is 46.3 Å². The Morgan fingerprint density at radius 2 is 1.81 bits per heavy atom. The molecule has 0 fully saturated rings. The summed E-state index contributed by atoms with van der Waals surface area (Å²) in [6.07, 6.45) is -2.37. The Hall–Kier alpha value is -3.26. The largest absolute Gasteiger partial charge is 0.467 e. The Kier molecular flexibility index (Phi) is 8.09. The summed E-state index contributed by atoms with van der Waals surface area (Å²) in [7, 11) is 1.19. The van der Waals surface area contributed by atoms with Gasteiger partial charge < -0.3 is 20.1 Å². The van der Waals surface area contributed by atoms with Crippen LogP contribution >= 0.6 is 0 Å². The summed E-state index contributed by atoms with van der Waals surface area (Å²) in [5.74, 6) is -1.55. The molecule has 0 aliphatic heterocycles. The molecule has 0 unspecified atom stereocenters. The zero-order chi connectivity index (χ0) is 20.4. The fourth-order valence-corrected chi connectivity index (χ4v) is 2.05. The molecule has 146 valence electrons. The number of benzene rings is 1. The molecular weight excluding hydrogens is 354 g/mol. The van der Waals surface area contributed by atoms with Crippen LogP contribution in [0.25, 0.3) is 10.4 Å². The minimum atomic E-state index is -1.59. The van der Waals surface area contributed by atoms with E-state index in [0.29, 0.717) is 0 Å². The number of nitrogens with zero attached hydrogens (tertiary/aromatic N) is 3. The van der Waals surface area contributed by atoms with Crippen molar-refractivity contribution in [2.24, 2.45) is 5.11 Å². The highest BCUT2D eigenvalue weighted by molar-refractivity contribution is 5.89. The SMILES string of the molecule is COC(=O)[C@H](Cc1ccccc1)NC(=O)[C@H](N=[N+]=[N-])NC(=O)OC(C)(C)C. The predicted molar refractivity (Wildman–Crippen MR) is 96.4 cm³/mol. The maximum Gasteiger partial charge on any atom is 0.408 e. The quantitative estimate of drug-likeness (QED) is 0.323. The molecule has 1 aromatic rings. The smallest absolute Gasteiger partial charge is 0.408 e. The number of carbonyl (C=O) groups excluding carboxylic acids is 3. The first-order valence-corrected chi connectivity index (χ1v) is 8.12. The second-order valence-electron chi connectivity index (χ2n) is 6.53. The van der Waals surface area contributed by atoms with Crippen molar-refractivity contribution in [1.82, 2.24) is 10.6 Å². The van der Waals surface area contributed by atoms with Crippen LogP contribution in [0.5, 0.6) is 0 Å². The van der Waals surface area contributed by atoms with Gasteiger partial charge in [0.25, 0.3) is 0 Å². The molecule has 2 amide bonds. The van der Waals surface area contributed by atoms with Gasteiger partial charge in [-0.25, -0.2) is 9.59 Å². The summed E-state index contributed by atoms with van der Waals surface area (Å²) in [4.78, 5) is 38.8. The molecule has 1 aromatic carbocycles. The average molecular weight is 377 g/mol. The first kappa shape index (κ1) is 21.8. The van der Waals surface area contributed by atoms with Crippen LogP contribution in [0, 0.1) is 0 Å². The van der Waals surface area contributed by atoms with Crippen LogP contribution in [0.4, 0.5) is 4.79 Å². The minimum Gasteiger partial charge on any atom is -0.467 e. The van der Waals surface area contributed by atoms with E-state index < -0.39 is 35.8 Å². The molecule has 0 bridgehead atoms. The van der Waals surface area contributed by atoms with Crippen LogP contribution in [0.1, 0.15) is 26.3 Å². The molecular formula is C17H23N5O5. The second-order valence-corrected chi connectivity index (χ2v) is 6.53. The molecule has 2 atom stereocenters. The van der Waals surface area contributed by atoms with E-state index in [4.69, 9.17) is 15.0 Å². The molecule has 0 heterocycles. The van der Waals surface area contributed by atoms with Crippen LogP contribution in [0.15, 0.2) is 35.4 Å². The van der Waals surface area contributed by atoms with Gasteiger partial charge in [-0.05, 0) is 31.9 Å². The molecule has 2 N–H and O–H groups in total. The lowest BCUT2D eigenvalue weighted by Gasteiger charge is -2.23. The van der Waals surface area contributed by atoms with Crippen LogP contribution in [-0.2, 0) is 25.5 Å². The van der Waals surface area contributed by atoms with E-state index in [9.17, 15) is 14.4 Å². The van der Waals surface area contributed by atoms with Gasteiger partial charge in [0.05, 0.1) is 7.11 Å². The van der Waals surface area contributed by atoms with E-state index in [-0.39, 0.29) is 6.42 Å². The summed E-state index contributed by atoms with van der Waals surface area (Å²) in [5.41, 5.74) is 8.63. The van der Waals surface area contributed by atoms with Gasteiger partial charge in [0.15, 0.2) is 6.17 Å². The number of carbonyl (C=O) groups is 3. The summed E-state index contributed by atoms with van der Waals surface area (Å²) in [6, 6.07) is 7.94. The summed E-state index contributed by atoms with van der Waals surface area (Å²) < 4.78 is 9.73. The highest BCUT2D eigenvalue weighted by Gasteiger charge is 2.28. The fourth-order valence-electron chi connectivity index (χ4n) is 2.05. The molecule has 0 radical (unpaired) electrons. The standard InChI is InChI=1S/C17H23N5O5/c1-17(2,3)27-16(25)20-13(21-22-18)14(23)19-12(15(24)26-4)10-11-8-6-5-7-9-11/h5-9,12-13H,10H2,1-4H3,(H,19,23)(H,20,25)/t12-,13-/m0/s1. The van der Waals surface area contributed by atoms with Crippen molar-refractivity contribution < 1.29 is 23.9 Å². The molecule has 0 saturated heterocycles. The predicted octanol–water partition coefficient (Wildman–Crippen LogP) is 2.05. The summed E-state index contributed by atoms with van der Waals surface area (Å²) >= 11 is 0. The van der Waals surface area contributed by atoms with E-state index >= 15 is 0 Å². The topological polar surface area (TPSA) is 142 Å². The number of nitrogens with one attached hydrogen (secondary N) is 2. The van der Waals surface area contributed by atoms with E-state index in [0.717, 1.165) is 5.56 Å². The zero-order valence-corrected chi connectivity index (χ0v) is 15.6. The van der Waals surface area contributed by atoms with Gasteiger partial charge in [-0.3, -0.25) is 4.79 Å². The number of esters is 1. The first-order valence-electron chi connectivity index (χ1n) is 8.12. The van der Waals surface area contributed by atoms with Crippen molar-refractivity contribution in [2.45, 2.75) is 45.0 Å². The Morgan fingerprint density at radius 1 is 1.19 bits per heavy atom. The van der Waals surface area contributed by atoms with Crippen LogP contribution in [-0.4, -0.2) is 42.9 Å². The third-order valence-electron chi connectivity index (χ3n) is 3.15. The molecule has 10 nitrogen and oxygen atoms in total. The molecule has 10 heteroatoms. The number of rotatable bonds is 7. The van der Waals surface area contributed by atoms with Gasteiger partial charge in [0, 0.05) is 11.3 Å². The third-order valence-corrected chi connectivity index (χ3v) is 3.15. The number of methoxy groups -OCH3 is 1. The van der Waals surface area contributed by atoms with Crippen molar-refractivity contribution in [3.63, 3.8) is 0 Å². The highest BCUT2D eigenvalue weighted by atomic mass is 16.6. The normalized spacial score (nSPS) is 12.7. The average Bonchev–Trinajstić information content (AvgIpc) is 2.59. The maximum absolute atomic E-state index is 12.4. The van der Waals surface area contributed by atoms with E-state index in [1.165, 1.54) is 7.11 Å². The van der Waals surface area contributed by atoms with E-state index in [1.807, 2.05) is 6.07 Å². The Bertz CT molecular complexity index is 710. The van der Waals surface area contributed by atoms with Crippen LogP contribution < -0.4 is 10.6 Å². The van der Waals surface area contributed by atoms with Gasteiger partial charge in [-0.2, -0.15) is 0 Å². The van der Waals surface area contributed by atoms with Crippen molar-refractivity contribution >= 4 is 18.0 Å². The lowest BCUT2D eigenvalue weighted by atomic mass is 10.1. The second kappa shape index (κ2) is 10.0. The minimum absolute atomic E-state index is 0.161. The Balaban J connectivity index is 2.87. The Morgan fingerprint density at radius 3 is 2.33 bits per heavy atom. The van der Waals surface area contributed by atoms with Gasteiger partial charge in [-0.15, -0.1) is 0 Å². The lowest BCUT2D eigenvalue weighted by Crippen LogP contribution is -2.52. The van der Waals surface area contributed by atoms with Gasteiger partial charge in [0.1, 0.15) is 11.6 Å². The number of azide groups is 1. The lowest BCUT2D eigenvalue weighted by molar-refractivity contribution is -0.145. The number of hydrogen-bond acceptors (Lipinski definition) is 6. The van der Waals surface area contributed by atoms with Crippen molar-refractivity contribution in [3.8, 4) is 0 Å². The fraction of sp³-hybridized carbons (Fsp3) is 0.471. The highest BCUT2D eigenvalue weighted by Crippen LogP contribution is 2.08. The van der Waals surface area contributed by atoms with E-state index in [1.54, 1.807) is 45.0 Å².